The van der Waals surface area contributed by atoms with Gasteiger partial charge in [0.15, 0.2) is 0 Å². The summed E-state index contributed by atoms with van der Waals surface area (Å²) in [6.45, 7) is 1.99. The number of barbiturate groups is 1. The largest absolute Gasteiger partial charge is 0.478 e. The smallest absolute Gasteiger partial charge is 0.335 e. The van der Waals surface area contributed by atoms with Gasteiger partial charge in [-0.3, -0.25) is 14.9 Å². The zero-order valence-electron chi connectivity index (χ0n) is 17.0. The summed E-state index contributed by atoms with van der Waals surface area (Å²) in [7, 11) is 0. The first-order chi connectivity index (χ1) is 15.4. The lowest BCUT2D eigenvalue weighted by atomic mass is 10.1. The maximum absolute atomic E-state index is 13.0. The van der Waals surface area contributed by atoms with Crippen LogP contribution < -0.4 is 10.2 Å². The molecule has 0 atom stereocenters. The molecule has 1 aliphatic heterocycles. The van der Waals surface area contributed by atoms with Crippen molar-refractivity contribution in [3.05, 3.63) is 83.1 Å². The van der Waals surface area contributed by atoms with Crippen molar-refractivity contribution in [2.45, 2.75) is 13.3 Å². The minimum Gasteiger partial charge on any atom is -0.478 e. The Morgan fingerprint density at radius 2 is 1.81 bits per heavy atom. The van der Waals surface area contributed by atoms with Gasteiger partial charge in [0.1, 0.15) is 17.1 Å². The van der Waals surface area contributed by atoms with E-state index in [4.69, 9.17) is 9.52 Å². The van der Waals surface area contributed by atoms with Crippen LogP contribution in [0.5, 0.6) is 0 Å². The fourth-order valence-corrected chi connectivity index (χ4v) is 3.31. The zero-order chi connectivity index (χ0) is 22.8. The standard InChI is InChI=1S/C24H18N2O6/c1-2-14-6-8-17(9-7-14)26-22(28)19(21(27)25-24(26)31)13-18-10-11-20(32-18)15-4-3-5-16(12-15)23(29)30/h3-13H,2H2,1H3,(H,29,30)(H,25,27,31). The van der Waals surface area contributed by atoms with Gasteiger partial charge in [0, 0.05) is 5.56 Å². The van der Waals surface area contributed by atoms with E-state index in [1.807, 2.05) is 6.92 Å². The third-order valence-electron chi connectivity index (χ3n) is 5.01. The number of aromatic carboxylic acids is 1. The molecule has 32 heavy (non-hydrogen) atoms. The second-order valence-corrected chi connectivity index (χ2v) is 7.07. The number of carboxylic acid groups (broad SMARTS) is 1. The zero-order valence-corrected chi connectivity index (χ0v) is 17.0. The lowest BCUT2D eigenvalue weighted by molar-refractivity contribution is -0.122. The quantitative estimate of drug-likeness (QED) is 0.469. The number of carboxylic acids is 1. The molecule has 2 aromatic carbocycles. The first kappa shape index (κ1) is 20.8. The van der Waals surface area contributed by atoms with Crippen LogP contribution in [0.4, 0.5) is 10.5 Å². The maximum atomic E-state index is 13.0. The molecule has 1 saturated heterocycles. The summed E-state index contributed by atoms with van der Waals surface area (Å²) in [6.07, 6.45) is 2.06. The molecule has 8 heteroatoms. The van der Waals surface area contributed by atoms with Crippen molar-refractivity contribution in [2.75, 3.05) is 4.90 Å². The number of aryl methyl sites for hydroxylation is 1. The molecule has 0 bridgehead atoms. The molecule has 0 radical (unpaired) electrons. The molecule has 0 saturated carbocycles. The van der Waals surface area contributed by atoms with Crippen LogP contribution in [-0.2, 0) is 16.0 Å². The van der Waals surface area contributed by atoms with Gasteiger partial charge >= 0.3 is 12.0 Å². The number of urea groups is 1. The van der Waals surface area contributed by atoms with Crippen molar-refractivity contribution in [2.24, 2.45) is 0 Å². The van der Waals surface area contributed by atoms with Crippen LogP contribution >= 0.6 is 0 Å². The Kier molecular flexibility index (Phi) is 5.43. The van der Waals surface area contributed by atoms with Gasteiger partial charge in [-0.15, -0.1) is 0 Å². The summed E-state index contributed by atoms with van der Waals surface area (Å²) in [4.78, 5) is 49.7. The first-order valence-electron chi connectivity index (χ1n) is 9.81. The Bertz CT molecular complexity index is 1270. The number of rotatable bonds is 5. The van der Waals surface area contributed by atoms with E-state index in [2.05, 4.69) is 5.32 Å². The van der Waals surface area contributed by atoms with Crippen LogP contribution in [0.1, 0.15) is 28.6 Å². The summed E-state index contributed by atoms with van der Waals surface area (Å²) in [5.74, 6) is -2.09. The Labute approximate surface area is 182 Å². The summed E-state index contributed by atoms with van der Waals surface area (Å²) in [5.41, 5.74) is 1.75. The topological polar surface area (TPSA) is 117 Å². The molecular formula is C24H18N2O6. The predicted octanol–water partition coefficient (Wildman–Crippen LogP) is 3.87. The summed E-state index contributed by atoms with van der Waals surface area (Å²) >= 11 is 0. The SMILES string of the molecule is CCc1ccc(N2C(=O)NC(=O)C(=Cc3ccc(-c4cccc(C(=O)O)c4)o3)C2=O)cc1. The molecular weight excluding hydrogens is 412 g/mol. The molecule has 160 valence electrons. The highest BCUT2D eigenvalue weighted by Gasteiger charge is 2.37. The van der Waals surface area contributed by atoms with E-state index in [0.29, 0.717) is 17.0 Å². The van der Waals surface area contributed by atoms with Crippen LogP contribution in [0.3, 0.4) is 0 Å². The second-order valence-electron chi connectivity index (χ2n) is 7.07. The number of carbonyl (C=O) groups is 4. The number of benzene rings is 2. The average molecular weight is 430 g/mol. The highest BCUT2D eigenvalue weighted by atomic mass is 16.4. The van der Waals surface area contributed by atoms with Crippen LogP contribution in [0.15, 0.2) is 70.7 Å². The Balaban J connectivity index is 1.65. The molecule has 2 N–H and O–H groups in total. The number of anilines is 1. The molecule has 4 rings (SSSR count). The van der Waals surface area contributed by atoms with Crippen molar-refractivity contribution in [3.8, 4) is 11.3 Å². The van der Waals surface area contributed by atoms with Crippen LogP contribution in [-0.4, -0.2) is 28.9 Å². The van der Waals surface area contributed by atoms with Crippen molar-refractivity contribution >= 4 is 35.6 Å². The van der Waals surface area contributed by atoms with Crippen molar-refractivity contribution < 1.29 is 28.7 Å². The molecule has 1 aliphatic rings. The highest BCUT2D eigenvalue weighted by molar-refractivity contribution is 6.39. The lowest BCUT2D eigenvalue weighted by Crippen LogP contribution is -2.54. The molecule has 1 aromatic heterocycles. The monoisotopic (exact) mass is 430 g/mol. The maximum Gasteiger partial charge on any atom is 0.335 e. The molecule has 8 nitrogen and oxygen atoms in total. The summed E-state index contributed by atoms with van der Waals surface area (Å²) in [6, 6.07) is 15.4. The van der Waals surface area contributed by atoms with E-state index in [1.165, 1.54) is 18.2 Å². The number of nitrogens with one attached hydrogen (secondary N) is 1. The number of hydrogen-bond acceptors (Lipinski definition) is 5. The van der Waals surface area contributed by atoms with E-state index >= 15 is 0 Å². The Morgan fingerprint density at radius 3 is 2.50 bits per heavy atom. The van der Waals surface area contributed by atoms with Gasteiger partial charge in [0.2, 0.25) is 0 Å². The number of hydrogen-bond donors (Lipinski definition) is 2. The number of imide groups is 2. The molecule has 0 aliphatic carbocycles. The van der Waals surface area contributed by atoms with Gasteiger partial charge in [0.25, 0.3) is 11.8 Å². The van der Waals surface area contributed by atoms with Crippen molar-refractivity contribution in [1.82, 2.24) is 5.32 Å². The highest BCUT2D eigenvalue weighted by Crippen LogP contribution is 2.26. The molecule has 1 fully saturated rings. The first-order valence-corrected chi connectivity index (χ1v) is 9.81. The van der Waals surface area contributed by atoms with Gasteiger partial charge in [-0.2, -0.15) is 0 Å². The van der Waals surface area contributed by atoms with Gasteiger partial charge in [-0.05, 0) is 54.5 Å². The van der Waals surface area contributed by atoms with Crippen LogP contribution in [0.2, 0.25) is 0 Å². The molecule has 0 spiro atoms. The number of carbonyl (C=O) groups excluding carboxylic acids is 3. The normalized spacial score (nSPS) is 15.2. The molecule has 4 amide bonds. The van der Waals surface area contributed by atoms with E-state index < -0.39 is 23.8 Å². The number of nitrogens with zero attached hydrogens (tertiary/aromatic N) is 1. The van der Waals surface area contributed by atoms with Gasteiger partial charge in [-0.25, -0.2) is 14.5 Å². The van der Waals surface area contributed by atoms with Gasteiger partial charge in [-0.1, -0.05) is 31.2 Å². The summed E-state index contributed by atoms with van der Waals surface area (Å²) < 4.78 is 5.70. The molecule has 0 unspecified atom stereocenters. The van der Waals surface area contributed by atoms with E-state index in [9.17, 15) is 19.2 Å². The third kappa shape index (κ3) is 3.93. The van der Waals surface area contributed by atoms with Crippen LogP contribution in [0.25, 0.3) is 17.4 Å². The van der Waals surface area contributed by atoms with E-state index in [0.717, 1.165) is 16.9 Å². The van der Waals surface area contributed by atoms with E-state index in [1.54, 1.807) is 48.5 Å². The van der Waals surface area contributed by atoms with Gasteiger partial charge in [0.05, 0.1) is 11.3 Å². The number of furan rings is 1. The fourth-order valence-electron chi connectivity index (χ4n) is 3.31. The Hall–Kier alpha value is -4.46. The minimum atomic E-state index is -1.07. The number of amides is 4. The fraction of sp³-hybridized carbons (Fsp3) is 0.0833. The van der Waals surface area contributed by atoms with E-state index in [-0.39, 0.29) is 16.9 Å². The second kappa shape index (κ2) is 8.35. The Morgan fingerprint density at radius 1 is 1.06 bits per heavy atom. The molecule has 2 heterocycles. The van der Waals surface area contributed by atoms with Crippen molar-refractivity contribution in [1.29, 1.82) is 0 Å². The van der Waals surface area contributed by atoms with Gasteiger partial charge < -0.3 is 9.52 Å². The minimum absolute atomic E-state index is 0.101. The summed E-state index contributed by atoms with van der Waals surface area (Å²) in [5, 5.41) is 11.3. The van der Waals surface area contributed by atoms with Crippen molar-refractivity contribution in [3.63, 3.8) is 0 Å². The predicted molar refractivity (Wildman–Crippen MR) is 116 cm³/mol. The van der Waals surface area contributed by atoms with Crippen LogP contribution in [0, 0.1) is 0 Å². The third-order valence-corrected chi connectivity index (χ3v) is 5.01. The average Bonchev–Trinajstić information content (AvgIpc) is 3.26. The lowest BCUT2D eigenvalue weighted by Gasteiger charge is -2.26. The molecule has 3 aromatic rings.